The van der Waals surface area contributed by atoms with Crippen molar-refractivity contribution in [2.24, 2.45) is 11.3 Å². The minimum absolute atomic E-state index is 0.0432. The van der Waals surface area contributed by atoms with Crippen LogP contribution in [0.4, 0.5) is 0 Å². The molecule has 2 rings (SSSR count). The molecule has 0 saturated carbocycles. The van der Waals surface area contributed by atoms with Gasteiger partial charge in [-0.15, -0.1) is 0 Å². The fraction of sp³-hybridized carbons (Fsp3) is 0.619. The van der Waals surface area contributed by atoms with Crippen molar-refractivity contribution in [3.63, 3.8) is 0 Å². The molecule has 0 aromatic heterocycles. The van der Waals surface area contributed by atoms with E-state index in [9.17, 15) is 9.59 Å². The zero-order valence-electron chi connectivity index (χ0n) is 15.9. The molecule has 138 valence electrons. The first kappa shape index (κ1) is 19.5. The van der Waals surface area contributed by atoms with Crippen molar-refractivity contribution in [2.45, 2.75) is 52.9 Å². The second-order valence-corrected chi connectivity index (χ2v) is 8.12. The molecule has 4 nitrogen and oxygen atoms in total. The molecule has 1 saturated heterocycles. The molecular formula is C21H32N2O2. The van der Waals surface area contributed by atoms with Crippen LogP contribution in [-0.2, 0) is 16.0 Å². The Morgan fingerprint density at radius 3 is 2.36 bits per heavy atom. The molecule has 4 heteroatoms. The zero-order chi connectivity index (χ0) is 18.3. The summed E-state index contributed by atoms with van der Waals surface area (Å²) < 4.78 is 0. The average Bonchev–Trinajstić information content (AvgIpc) is 2.59. The van der Waals surface area contributed by atoms with E-state index in [1.54, 1.807) is 0 Å². The van der Waals surface area contributed by atoms with Gasteiger partial charge in [-0.3, -0.25) is 9.59 Å². The lowest BCUT2D eigenvalue weighted by atomic mass is 9.90. The Hall–Kier alpha value is -1.84. The first-order valence-corrected chi connectivity index (χ1v) is 9.46. The van der Waals surface area contributed by atoms with E-state index in [0.29, 0.717) is 25.3 Å². The highest BCUT2D eigenvalue weighted by molar-refractivity contribution is 5.81. The van der Waals surface area contributed by atoms with Crippen LogP contribution >= 0.6 is 0 Å². The largest absolute Gasteiger partial charge is 0.356 e. The SMILES string of the molecule is CC(C)(C)C(=O)NCCCC(=O)N1CCC(Cc2ccccc2)CC1. The number of rotatable bonds is 6. The number of benzene rings is 1. The molecular weight excluding hydrogens is 312 g/mol. The van der Waals surface area contributed by atoms with E-state index >= 15 is 0 Å². The number of carbonyl (C=O) groups is 2. The lowest BCUT2D eigenvalue weighted by molar-refractivity contribution is -0.133. The quantitative estimate of drug-likeness (QED) is 0.804. The van der Waals surface area contributed by atoms with Gasteiger partial charge in [-0.2, -0.15) is 0 Å². The standard InChI is InChI=1S/C21H32N2O2/c1-21(2,3)20(25)22-13-7-10-19(24)23-14-11-18(12-15-23)16-17-8-5-4-6-9-17/h4-6,8-9,18H,7,10-16H2,1-3H3,(H,22,25). The summed E-state index contributed by atoms with van der Waals surface area (Å²) in [5.41, 5.74) is 1.02. The van der Waals surface area contributed by atoms with Gasteiger partial charge in [-0.05, 0) is 37.2 Å². The second-order valence-electron chi connectivity index (χ2n) is 8.12. The molecule has 1 heterocycles. The Labute approximate surface area is 152 Å². The highest BCUT2D eigenvalue weighted by Gasteiger charge is 2.23. The summed E-state index contributed by atoms with van der Waals surface area (Å²) in [5.74, 6) is 0.947. The van der Waals surface area contributed by atoms with E-state index in [1.807, 2.05) is 25.7 Å². The molecule has 0 atom stereocenters. The van der Waals surface area contributed by atoms with Crippen molar-refractivity contribution < 1.29 is 9.59 Å². The van der Waals surface area contributed by atoms with Gasteiger partial charge >= 0.3 is 0 Å². The Bertz CT molecular complexity index is 555. The van der Waals surface area contributed by atoms with Crippen LogP contribution in [0.1, 0.15) is 52.0 Å². The monoisotopic (exact) mass is 344 g/mol. The smallest absolute Gasteiger partial charge is 0.225 e. The topological polar surface area (TPSA) is 49.4 Å². The van der Waals surface area contributed by atoms with E-state index in [1.165, 1.54) is 5.56 Å². The minimum atomic E-state index is -0.370. The summed E-state index contributed by atoms with van der Waals surface area (Å²) in [4.78, 5) is 26.1. The number of nitrogens with zero attached hydrogens (tertiary/aromatic N) is 1. The fourth-order valence-corrected chi connectivity index (χ4v) is 3.20. The second kappa shape index (κ2) is 9.02. The molecule has 25 heavy (non-hydrogen) atoms. The maximum Gasteiger partial charge on any atom is 0.225 e. The lowest BCUT2D eigenvalue weighted by Gasteiger charge is -2.32. The Morgan fingerprint density at radius 1 is 1.12 bits per heavy atom. The molecule has 1 aromatic rings. The summed E-state index contributed by atoms with van der Waals surface area (Å²) in [5, 5.41) is 2.91. The number of amides is 2. The third kappa shape index (κ3) is 6.52. The van der Waals surface area contributed by atoms with Gasteiger partial charge in [0.1, 0.15) is 0 Å². The first-order chi connectivity index (χ1) is 11.9. The van der Waals surface area contributed by atoms with E-state index in [4.69, 9.17) is 0 Å². The number of likely N-dealkylation sites (tertiary alicyclic amines) is 1. The maximum absolute atomic E-state index is 12.3. The van der Waals surface area contributed by atoms with Gasteiger partial charge in [0.2, 0.25) is 11.8 Å². The van der Waals surface area contributed by atoms with Crippen LogP contribution < -0.4 is 5.32 Å². The predicted octanol–water partition coefficient (Wildman–Crippen LogP) is 3.41. The molecule has 1 aromatic carbocycles. The summed E-state index contributed by atoms with van der Waals surface area (Å²) in [6.45, 7) is 7.99. The van der Waals surface area contributed by atoms with Gasteiger partial charge in [0, 0.05) is 31.5 Å². The molecule has 0 unspecified atom stereocenters. The van der Waals surface area contributed by atoms with Gasteiger partial charge < -0.3 is 10.2 Å². The van der Waals surface area contributed by atoms with Crippen LogP contribution in [0.2, 0.25) is 0 Å². The van der Waals surface area contributed by atoms with Crippen LogP contribution in [0, 0.1) is 11.3 Å². The van der Waals surface area contributed by atoms with Gasteiger partial charge in [0.25, 0.3) is 0 Å². The molecule has 0 bridgehead atoms. The summed E-state index contributed by atoms with van der Waals surface area (Å²) in [6.07, 6.45) is 4.52. The third-order valence-corrected chi connectivity index (χ3v) is 4.87. The Kier molecular flexibility index (Phi) is 7.03. The van der Waals surface area contributed by atoms with Crippen LogP contribution in [0.3, 0.4) is 0 Å². The predicted molar refractivity (Wildman–Crippen MR) is 101 cm³/mol. The van der Waals surface area contributed by atoms with Gasteiger partial charge in [-0.1, -0.05) is 51.1 Å². The van der Waals surface area contributed by atoms with Crippen molar-refractivity contribution in [1.82, 2.24) is 10.2 Å². The van der Waals surface area contributed by atoms with E-state index in [2.05, 4.69) is 35.6 Å². The number of piperidine rings is 1. The summed E-state index contributed by atoms with van der Waals surface area (Å²) in [7, 11) is 0. The molecule has 1 fully saturated rings. The summed E-state index contributed by atoms with van der Waals surface area (Å²) in [6, 6.07) is 10.6. The van der Waals surface area contributed by atoms with Crippen molar-refractivity contribution >= 4 is 11.8 Å². The number of hydrogen-bond acceptors (Lipinski definition) is 2. The molecule has 1 aliphatic rings. The Balaban J connectivity index is 1.63. The van der Waals surface area contributed by atoms with Crippen molar-refractivity contribution in [2.75, 3.05) is 19.6 Å². The highest BCUT2D eigenvalue weighted by atomic mass is 16.2. The van der Waals surface area contributed by atoms with E-state index < -0.39 is 0 Å². The first-order valence-electron chi connectivity index (χ1n) is 9.46. The molecule has 0 spiro atoms. The average molecular weight is 344 g/mol. The van der Waals surface area contributed by atoms with Crippen molar-refractivity contribution in [3.8, 4) is 0 Å². The normalized spacial score (nSPS) is 15.9. The Morgan fingerprint density at radius 2 is 1.76 bits per heavy atom. The van der Waals surface area contributed by atoms with Gasteiger partial charge in [-0.25, -0.2) is 0 Å². The van der Waals surface area contributed by atoms with E-state index in [0.717, 1.165) is 32.4 Å². The highest BCUT2D eigenvalue weighted by Crippen LogP contribution is 2.22. The number of hydrogen-bond donors (Lipinski definition) is 1. The summed E-state index contributed by atoms with van der Waals surface area (Å²) >= 11 is 0. The molecule has 1 aliphatic heterocycles. The number of nitrogens with one attached hydrogen (secondary N) is 1. The molecule has 0 aliphatic carbocycles. The van der Waals surface area contributed by atoms with Crippen LogP contribution in [-0.4, -0.2) is 36.3 Å². The third-order valence-electron chi connectivity index (χ3n) is 4.87. The van der Waals surface area contributed by atoms with Gasteiger partial charge in [0.05, 0.1) is 0 Å². The number of carbonyl (C=O) groups excluding carboxylic acids is 2. The lowest BCUT2D eigenvalue weighted by Crippen LogP contribution is -2.39. The van der Waals surface area contributed by atoms with Crippen LogP contribution in [0.25, 0.3) is 0 Å². The zero-order valence-corrected chi connectivity index (χ0v) is 15.9. The molecule has 1 N–H and O–H groups in total. The maximum atomic E-state index is 12.3. The fourth-order valence-electron chi connectivity index (χ4n) is 3.20. The van der Waals surface area contributed by atoms with Crippen LogP contribution in [0.5, 0.6) is 0 Å². The minimum Gasteiger partial charge on any atom is -0.356 e. The molecule has 2 amide bonds. The van der Waals surface area contributed by atoms with Crippen molar-refractivity contribution in [1.29, 1.82) is 0 Å². The van der Waals surface area contributed by atoms with Crippen molar-refractivity contribution in [3.05, 3.63) is 35.9 Å². The molecule has 0 radical (unpaired) electrons. The van der Waals surface area contributed by atoms with E-state index in [-0.39, 0.29) is 17.2 Å². The van der Waals surface area contributed by atoms with Gasteiger partial charge in [0.15, 0.2) is 0 Å². The van der Waals surface area contributed by atoms with Crippen LogP contribution in [0.15, 0.2) is 30.3 Å².